The Bertz CT molecular complexity index is 527. The smallest absolute Gasteiger partial charge is 0.250 e. The van der Waals surface area contributed by atoms with Crippen molar-refractivity contribution in [2.24, 2.45) is 23.5 Å². The Kier molecular flexibility index (Phi) is 3.01. The number of fused-ring (bicyclic) bond motifs is 2. The van der Waals surface area contributed by atoms with Gasteiger partial charge < -0.3 is 11.1 Å². The van der Waals surface area contributed by atoms with Crippen LogP contribution in [0.15, 0.2) is 24.3 Å². The lowest BCUT2D eigenvalue weighted by atomic mass is 9.88. The Morgan fingerprint density at radius 2 is 1.95 bits per heavy atom. The molecule has 1 aromatic carbocycles. The number of carbonyl (C=O) groups excluding carboxylic acids is 2. The van der Waals surface area contributed by atoms with Gasteiger partial charge >= 0.3 is 0 Å². The fraction of sp³-hybridized carbons (Fsp3) is 0.467. The van der Waals surface area contributed by atoms with Gasteiger partial charge in [0, 0.05) is 5.92 Å². The number of amides is 2. The lowest BCUT2D eigenvalue weighted by Gasteiger charge is -2.21. The molecule has 0 radical (unpaired) electrons. The average Bonchev–Trinajstić information content (AvgIpc) is 3.01. The van der Waals surface area contributed by atoms with Gasteiger partial charge in [0.15, 0.2) is 0 Å². The topological polar surface area (TPSA) is 72.2 Å². The molecular formula is C15H18N2O2. The number of rotatable bonds is 3. The number of hydrogen-bond donors (Lipinski definition) is 2. The second-order valence-electron chi connectivity index (χ2n) is 5.68. The van der Waals surface area contributed by atoms with E-state index in [0.717, 1.165) is 12.3 Å². The maximum atomic E-state index is 12.3. The first-order valence-electron chi connectivity index (χ1n) is 6.85. The van der Waals surface area contributed by atoms with E-state index >= 15 is 0 Å². The quantitative estimate of drug-likeness (QED) is 0.872. The van der Waals surface area contributed by atoms with E-state index < -0.39 is 5.91 Å². The second kappa shape index (κ2) is 4.68. The van der Waals surface area contributed by atoms with Gasteiger partial charge in [0.1, 0.15) is 0 Å². The minimum absolute atomic E-state index is 0.0425. The molecule has 3 atom stereocenters. The summed E-state index contributed by atoms with van der Waals surface area (Å²) >= 11 is 0. The van der Waals surface area contributed by atoms with Gasteiger partial charge in [-0.05, 0) is 43.2 Å². The highest BCUT2D eigenvalue weighted by molar-refractivity contribution is 6.03. The molecule has 2 fully saturated rings. The third-order valence-electron chi connectivity index (χ3n) is 4.53. The van der Waals surface area contributed by atoms with Crippen molar-refractivity contribution in [1.82, 2.24) is 0 Å². The first-order chi connectivity index (χ1) is 9.15. The molecule has 3 N–H and O–H groups in total. The third-order valence-corrected chi connectivity index (χ3v) is 4.53. The zero-order valence-electron chi connectivity index (χ0n) is 10.8. The molecule has 4 nitrogen and oxygen atoms in total. The van der Waals surface area contributed by atoms with Gasteiger partial charge in [-0.25, -0.2) is 0 Å². The van der Waals surface area contributed by atoms with Crippen molar-refractivity contribution in [1.29, 1.82) is 0 Å². The normalized spacial score (nSPS) is 28.3. The molecule has 2 aliphatic rings. The van der Waals surface area contributed by atoms with Crippen molar-refractivity contribution < 1.29 is 9.59 Å². The number of carbonyl (C=O) groups is 2. The number of para-hydroxylation sites is 1. The van der Waals surface area contributed by atoms with E-state index in [-0.39, 0.29) is 11.8 Å². The fourth-order valence-corrected chi connectivity index (χ4v) is 3.60. The number of nitrogens with one attached hydrogen (secondary N) is 1. The number of benzene rings is 1. The van der Waals surface area contributed by atoms with E-state index in [0.29, 0.717) is 17.2 Å². The van der Waals surface area contributed by atoms with Gasteiger partial charge in [-0.15, -0.1) is 0 Å². The molecule has 100 valence electrons. The summed E-state index contributed by atoms with van der Waals surface area (Å²) in [5, 5.41) is 2.88. The summed E-state index contributed by atoms with van der Waals surface area (Å²) in [4.78, 5) is 23.6. The summed E-state index contributed by atoms with van der Waals surface area (Å²) in [6.07, 6.45) is 4.62. The van der Waals surface area contributed by atoms with Crippen molar-refractivity contribution in [2.75, 3.05) is 5.32 Å². The van der Waals surface area contributed by atoms with E-state index in [1.807, 2.05) is 0 Å². The van der Waals surface area contributed by atoms with Crippen LogP contribution in [0.25, 0.3) is 0 Å². The molecule has 0 unspecified atom stereocenters. The Hall–Kier alpha value is -1.84. The SMILES string of the molecule is NC(=O)c1ccccc1NC(=O)[C@@H]1C[C@@H]2CC[C@@H]1C2. The van der Waals surface area contributed by atoms with Gasteiger partial charge in [0.2, 0.25) is 5.91 Å². The van der Waals surface area contributed by atoms with Crippen molar-refractivity contribution >= 4 is 17.5 Å². The molecule has 2 amide bonds. The van der Waals surface area contributed by atoms with Crippen molar-refractivity contribution in [3.05, 3.63) is 29.8 Å². The standard InChI is InChI=1S/C15H18N2O2/c16-14(18)11-3-1-2-4-13(11)17-15(19)12-8-9-5-6-10(12)7-9/h1-4,9-10,12H,5-8H2,(H2,16,18)(H,17,19)/t9-,10-,12-/m1/s1. The molecular weight excluding hydrogens is 240 g/mol. The first-order valence-corrected chi connectivity index (χ1v) is 6.85. The molecule has 4 heteroatoms. The lowest BCUT2D eigenvalue weighted by molar-refractivity contribution is -0.121. The number of hydrogen-bond acceptors (Lipinski definition) is 2. The maximum Gasteiger partial charge on any atom is 0.250 e. The summed E-state index contributed by atoms with van der Waals surface area (Å²) in [5.74, 6) is 0.905. The predicted molar refractivity (Wildman–Crippen MR) is 72.5 cm³/mol. The van der Waals surface area contributed by atoms with Crippen LogP contribution in [0.2, 0.25) is 0 Å². The molecule has 19 heavy (non-hydrogen) atoms. The van der Waals surface area contributed by atoms with Crippen LogP contribution in [-0.2, 0) is 4.79 Å². The highest BCUT2D eigenvalue weighted by Crippen LogP contribution is 2.48. The zero-order chi connectivity index (χ0) is 13.4. The Morgan fingerprint density at radius 3 is 2.58 bits per heavy atom. The van der Waals surface area contributed by atoms with Crippen LogP contribution in [0.5, 0.6) is 0 Å². The molecule has 0 saturated heterocycles. The maximum absolute atomic E-state index is 12.3. The summed E-state index contributed by atoms with van der Waals surface area (Å²) in [6.45, 7) is 0. The molecule has 0 aliphatic heterocycles. The van der Waals surface area contributed by atoms with Crippen LogP contribution in [-0.4, -0.2) is 11.8 Å². The first kappa shape index (κ1) is 12.2. The largest absolute Gasteiger partial charge is 0.366 e. The van der Waals surface area contributed by atoms with Crippen LogP contribution >= 0.6 is 0 Å². The van der Waals surface area contributed by atoms with E-state index in [1.165, 1.54) is 19.3 Å². The van der Waals surface area contributed by atoms with Crippen molar-refractivity contribution in [3.63, 3.8) is 0 Å². The molecule has 3 rings (SSSR count). The van der Waals surface area contributed by atoms with Crippen LogP contribution in [0.3, 0.4) is 0 Å². The Balaban J connectivity index is 1.75. The molecule has 0 heterocycles. The molecule has 0 spiro atoms. The summed E-state index contributed by atoms with van der Waals surface area (Å²) < 4.78 is 0. The van der Waals surface area contributed by atoms with Crippen molar-refractivity contribution in [3.8, 4) is 0 Å². The van der Waals surface area contributed by atoms with Gasteiger partial charge in [-0.2, -0.15) is 0 Å². The van der Waals surface area contributed by atoms with E-state index in [4.69, 9.17) is 5.73 Å². The number of nitrogens with two attached hydrogens (primary N) is 1. The molecule has 2 bridgehead atoms. The molecule has 2 saturated carbocycles. The Labute approximate surface area is 112 Å². The van der Waals surface area contributed by atoms with E-state index in [2.05, 4.69) is 5.32 Å². The minimum Gasteiger partial charge on any atom is -0.366 e. The number of primary amides is 1. The average molecular weight is 258 g/mol. The lowest BCUT2D eigenvalue weighted by Crippen LogP contribution is -2.28. The second-order valence-corrected chi connectivity index (χ2v) is 5.68. The van der Waals surface area contributed by atoms with E-state index in [1.54, 1.807) is 24.3 Å². The predicted octanol–water partition coefficient (Wildman–Crippen LogP) is 2.16. The number of anilines is 1. The minimum atomic E-state index is -0.510. The third kappa shape index (κ3) is 2.23. The summed E-state index contributed by atoms with van der Waals surface area (Å²) in [5.41, 5.74) is 6.22. The highest BCUT2D eigenvalue weighted by Gasteiger charge is 2.43. The van der Waals surface area contributed by atoms with Crippen LogP contribution < -0.4 is 11.1 Å². The summed E-state index contributed by atoms with van der Waals surface area (Å²) in [6, 6.07) is 6.90. The van der Waals surface area contributed by atoms with Gasteiger partial charge in [0.25, 0.3) is 5.91 Å². The summed E-state index contributed by atoms with van der Waals surface area (Å²) in [7, 11) is 0. The van der Waals surface area contributed by atoms with Gasteiger partial charge in [0.05, 0.1) is 11.3 Å². The fourth-order valence-electron chi connectivity index (χ4n) is 3.60. The monoisotopic (exact) mass is 258 g/mol. The Morgan fingerprint density at radius 1 is 1.16 bits per heavy atom. The van der Waals surface area contributed by atoms with Crippen LogP contribution in [0, 0.1) is 17.8 Å². The molecule has 2 aliphatic carbocycles. The van der Waals surface area contributed by atoms with Gasteiger partial charge in [-0.3, -0.25) is 9.59 Å². The molecule has 0 aromatic heterocycles. The van der Waals surface area contributed by atoms with Crippen molar-refractivity contribution in [2.45, 2.75) is 25.7 Å². The highest BCUT2D eigenvalue weighted by atomic mass is 16.2. The molecule has 1 aromatic rings. The van der Waals surface area contributed by atoms with Crippen LogP contribution in [0.1, 0.15) is 36.0 Å². The van der Waals surface area contributed by atoms with Gasteiger partial charge in [-0.1, -0.05) is 18.6 Å². The van der Waals surface area contributed by atoms with E-state index in [9.17, 15) is 9.59 Å². The van der Waals surface area contributed by atoms with Crippen LogP contribution in [0.4, 0.5) is 5.69 Å². The zero-order valence-corrected chi connectivity index (χ0v) is 10.8.